The summed E-state index contributed by atoms with van der Waals surface area (Å²) in [4.78, 5) is 2.64. The summed E-state index contributed by atoms with van der Waals surface area (Å²) in [5.41, 5.74) is 5.62. The molecular weight excluding hydrogens is 204 g/mol. The van der Waals surface area contributed by atoms with E-state index in [2.05, 4.69) is 37.4 Å². The summed E-state index contributed by atoms with van der Waals surface area (Å²) in [5.74, 6) is 2.00. The average molecular weight is 230 g/mol. The van der Waals surface area contributed by atoms with Gasteiger partial charge in [-0.15, -0.1) is 0 Å². The number of rotatable bonds is 5. The highest BCUT2D eigenvalue weighted by molar-refractivity contribution is 8.00. The van der Waals surface area contributed by atoms with E-state index in [-0.39, 0.29) is 0 Å². The topological polar surface area (TPSA) is 29.3 Å². The Morgan fingerprint density at radius 3 is 2.87 bits per heavy atom. The molecule has 0 aromatic carbocycles. The van der Waals surface area contributed by atoms with Gasteiger partial charge in [-0.2, -0.15) is 11.8 Å². The third-order valence-electron chi connectivity index (χ3n) is 3.56. The van der Waals surface area contributed by atoms with Crippen molar-refractivity contribution in [2.45, 2.75) is 44.9 Å². The number of hydrogen-bond acceptors (Lipinski definition) is 3. The van der Waals surface area contributed by atoms with E-state index < -0.39 is 0 Å². The van der Waals surface area contributed by atoms with Crippen LogP contribution in [0.3, 0.4) is 0 Å². The zero-order valence-corrected chi connectivity index (χ0v) is 11.2. The van der Waals surface area contributed by atoms with E-state index in [4.69, 9.17) is 5.73 Å². The molecule has 3 atom stereocenters. The molecule has 2 N–H and O–H groups in total. The first kappa shape index (κ1) is 13.3. The predicted molar refractivity (Wildman–Crippen MR) is 70.4 cm³/mol. The van der Waals surface area contributed by atoms with Gasteiger partial charge in [-0.3, -0.25) is 4.90 Å². The van der Waals surface area contributed by atoms with Crippen LogP contribution in [0.5, 0.6) is 0 Å². The van der Waals surface area contributed by atoms with Crippen molar-refractivity contribution in [2.24, 2.45) is 11.7 Å². The van der Waals surface area contributed by atoms with Gasteiger partial charge in [0.05, 0.1) is 0 Å². The minimum atomic E-state index is 0.692. The normalized spacial score (nSPS) is 30.4. The summed E-state index contributed by atoms with van der Waals surface area (Å²) in [6.07, 6.45) is 2.58. The van der Waals surface area contributed by atoms with Gasteiger partial charge in [0.15, 0.2) is 0 Å². The van der Waals surface area contributed by atoms with Crippen LogP contribution < -0.4 is 5.73 Å². The Hall–Kier alpha value is 0.270. The van der Waals surface area contributed by atoms with Gasteiger partial charge in [-0.05, 0) is 38.8 Å². The first-order valence-electron chi connectivity index (χ1n) is 6.21. The standard InChI is InChI=1S/C12H26N2S/c1-10(9-13)5-4-6-14-7-8-15-12(3)11(14)2/h10-12H,4-9,13H2,1-3H3. The summed E-state index contributed by atoms with van der Waals surface area (Å²) >= 11 is 2.11. The molecule has 90 valence electrons. The fourth-order valence-electron chi connectivity index (χ4n) is 2.07. The van der Waals surface area contributed by atoms with E-state index in [1.807, 2.05) is 0 Å². The molecule has 0 saturated carbocycles. The average Bonchev–Trinajstić information content (AvgIpc) is 2.24. The van der Waals surface area contributed by atoms with Crippen LogP contribution in [-0.2, 0) is 0 Å². The first-order chi connectivity index (χ1) is 7.15. The Balaban J connectivity index is 2.19. The van der Waals surface area contributed by atoms with Gasteiger partial charge in [-0.25, -0.2) is 0 Å². The molecule has 3 heteroatoms. The number of nitrogens with two attached hydrogens (primary N) is 1. The Morgan fingerprint density at radius 2 is 2.20 bits per heavy atom. The van der Waals surface area contributed by atoms with Crippen molar-refractivity contribution < 1.29 is 0 Å². The lowest BCUT2D eigenvalue weighted by molar-refractivity contribution is 0.205. The maximum atomic E-state index is 5.62. The van der Waals surface area contributed by atoms with Crippen molar-refractivity contribution in [3.63, 3.8) is 0 Å². The Labute approximate surface area is 99.0 Å². The van der Waals surface area contributed by atoms with Crippen LogP contribution in [0.15, 0.2) is 0 Å². The Morgan fingerprint density at radius 1 is 1.47 bits per heavy atom. The van der Waals surface area contributed by atoms with E-state index in [0.29, 0.717) is 5.92 Å². The molecule has 1 aliphatic rings. The van der Waals surface area contributed by atoms with E-state index in [1.54, 1.807) is 0 Å². The lowest BCUT2D eigenvalue weighted by Gasteiger charge is -2.37. The van der Waals surface area contributed by atoms with Gasteiger partial charge >= 0.3 is 0 Å². The highest BCUT2D eigenvalue weighted by Crippen LogP contribution is 2.24. The molecule has 1 fully saturated rings. The van der Waals surface area contributed by atoms with Crippen LogP contribution in [0.2, 0.25) is 0 Å². The molecule has 0 radical (unpaired) electrons. The lowest BCUT2D eigenvalue weighted by atomic mass is 10.1. The second kappa shape index (κ2) is 6.77. The van der Waals surface area contributed by atoms with Gasteiger partial charge in [0.25, 0.3) is 0 Å². The molecule has 0 aromatic rings. The Kier molecular flexibility index (Phi) is 6.02. The largest absolute Gasteiger partial charge is 0.330 e. The highest BCUT2D eigenvalue weighted by Gasteiger charge is 2.24. The molecule has 1 rings (SSSR count). The van der Waals surface area contributed by atoms with Crippen molar-refractivity contribution in [3.8, 4) is 0 Å². The number of hydrogen-bond donors (Lipinski definition) is 1. The molecule has 1 heterocycles. The molecule has 3 unspecified atom stereocenters. The first-order valence-corrected chi connectivity index (χ1v) is 7.25. The third-order valence-corrected chi connectivity index (χ3v) is 4.90. The van der Waals surface area contributed by atoms with Crippen LogP contribution in [0.4, 0.5) is 0 Å². The summed E-state index contributed by atoms with van der Waals surface area (Å²) in [5, 5.41) is 0.797. The molecule has 0 aliphatic carbocycles. The van der Waals surface area contributed by atoms with Gasteiger partial charge in [0.1, 0.15) is 0 Å². The molecule has 0 aromatic heterocycles. The van der Waals surface area contributed by atoms with E-state index in [9.17, 15) is 0 Å². The fraction of sp³-hybridized carbons (Fsp3) is 1.00. The van der Waals surface area contributed by atoms with Crippen LogP contribution in [0.1, 0.15) is 33.6 Å². The van der Waals surface area contributed by atoms with Crippen molar-refractivity contribution in [1.82, 2.24) is 4.90 Å². The smallest absolute Gasteiger partial charge is 0.0184 e. The zero-order chi connectivity index (χ0) is 11.3. The molecule has 1 saturated heterocycles. The SMILES string of the molecule is CC(CN)CCCN1CCSC(C)C1C. The predicted octanol–water partition coefficient (Wildman–Crippen LogP) is 2.19. The molecule has 1 aliphatic heterocycles. The van der Waals surface area contributed by atoms with Gasteiger partial charge in [0, 0.05) is 23.6 Å². The molecule has 0 amide bonds. The lowest BCUT2D eigenvalue weighted by Crippen LogP contribution is -2.45. The zero-order valence-electron chi connectivity index (χ0n) is 10.4. The molecule has 0 spiro atoms. The molecule has 0 bridgehead atoms. The number of nitrogens with zero attached hydrogens (tertiary/aromatic N) is 1. The minimum Gasteiger partial charge on any atom is -0.330 e. The van der Waals surface area contributed by atoms with E-state index in [1.165, 1.54) is 31.7 Å². The van der Waals surface area contributed by atoms with Crippen LogP contribution in [0.25, 0.3) is 0 Å². The van der Waals surface area contributed by atoms with Crippen molar-refractivity contribution >= 4 is 11.8 Å². The van der Waals surface area contributed by atoms with E-state index >= 15 is 0 Å². The summed E-state index contributed by atoms with van der Waals surface area (Å²) in [7, 11) is 0. The van der Waals surface area contributed by atoms with Gasteiger partial charge in [0.2, 0.25) is 0 Å². The molecule has 15 heavy (non-hydrogen) atoms. The van der Waals surface area contributed by atoms with Crippen molar-refractivity contribution in [1.29, 1.82) is 0 Å². The van der Waals surface area contributed by atoms with E-state index in [0.717, 1.165) is 17.8 Å². The summed E-state index contributed by atoms with van der Waals surface area (Å²) in [6, 6.07) is 0.747. The maximum absolute atomic E-state index is 5.62. The maximum Gasteiger partial charge on any atom is 0.0184 e. The molecular formula is C12H26N2S. The summed E-state index contributed by atoms with van der Waals surface area (Å²) in [6.45, 7) is 10.3. The van der Waals surface area contributed by atoms with Crippen LogP contribution >= 0.6 is 11.8 Å². The van der Waals surface area contributed by atoms with Gasteiger partial charge < -0.3 is 5.73 Å². The van der Waals surface area contributed by atoms with Crippen molar-refractivity contribution in [3.05, 3.63) is 0 Å². The fourth-order valence-corrected chi connectivity index (χ4v) is 3.23. The quantitative estimate of drug-likeness (QED) is 0.785. The van der Waals surface area contributed by atoms with Gasteiger partial charge in [-0.1, -0.05) is 13.8 Å². The Bertz CT molecular complexity index is 175. The van der Waals surface area contributed by atoms with Crippen LogP contribution in [-0.4, -0.2) is 41.6 Å². The summed E-state index contributed by atoms with van der Waals surface area (Å²) < 4.78 is 0. The monoisotopic (exact) mass is 230 g/mol. The minimum absolute atomic E-state index is 0.692. The second-order valence-electron chi connectivity index (χ2n) is 4.84. The third kappa shape index (κ3) is 4.33. The van der Waals surface area contributed by atoms with Crippen molar-refractivity contribution in [2.75, 3.05) is 25.4 Å². The number of thioether (sulfide) groups is 1. The molecule has 2 nitrogen and oxygen atoms in total. The second-order valence-corrected chi connectivity index (χ2v) is 6.32. The highest BCUT2D eigenvalue weighted by atomic mass is 32.2. The van der Waals surface area contributed by atoms with Crippen LogP contribution in [0, 0.1) is 5.92 Å².